The van der Waals surface area contributed by atoms with Crippen LogP contribution in [0.4, 0.5) is 0 Å². The third-order valence-corrected chi connectivity index (χ3v) is 3.98. The van der Waals surface area contributed by atoms with E-state index in [1.54, 1.807) is 6.26 Å². The third-order valence-electron chi connectivity index (χ3n) is 3.98. The number of ether oxygens (including phenoxy) is 1. The fourth-order valence-corrected chi connectivity index (χ4v) is 2.72. The summed E-state index contributed by atoms with van der Waals surface area (Å²) in [7, 11) is 0. The van der Waals surface area contributed by atoms with Crippen LogP contribution in [0.3, 0.4) is 0 Å². The van der Waals surface area contributed by atoms with Crippen molar-refractivity contribution in [1.82, 2.24) is 10.2 Å². The maximum atomic E-state index is 12.1. The van der Waals surface area contributed by atoms with Gasteiger partial charge in [0, 0.05) is 25.2 Å². The van der Waals surface area contributed by atoms with Gasteiger partial charge in [-0.1, -0.05) is 18.2 Å². The average Bonchev–Trinajstić information content (AvgIpc) is 3.27. The normalized spacial score (nSPS) is 14.2. The molecule has 3 rings (SSSR count). The van der Waals surface area contributed by atoms with E-state index in [1.807, 2.05) is 41.3 Å². The van der Waals surface area contributed by atoms with Gasteiger partial charge in [-0.25, -0.2) is 0 Å². The van der Waals surface area contributed by atoms with E-state index in [-0.39, 0.29) is 12.5 Å². The Morgan fingerprint density at radius 3 is 2.74 bits per heavy atom. The fraction of sp³-hybridized carbons (Fsp3) is 0.389. The van der Waals surface area contributed by atoms with Gasteiger partial charge in [-0.15, -0.1) is 0 Å². The second kappa shape index (κ2) is 7.83. The lowest BCUT2D eigenvalue weighted by Crippen LogP contribution is -2.32. The van der Waals surface area contributed by atoms with Crippen LogP contribution in [0.15, 0.2) is 47.1 Å². The smallest absolute Gasteiger partial charge is 0.260 e. The first-order chi connectivity index (χ1) is 11.3. The summed E-state index contributed by atoms with van der Waals surface area (Å²) in [5, 5.41) is 3.32. The van der Waals surface area contributed by atoms with Crippen molar-refractivity contribution in [2.24, 2.45) is 0 Å². The molecule has 0 saturated carbocycles. The topological polar surface area (TPSA) is 54.7 Å². The van der Waals surface area contributed by atoms with Gasteiger partial charge in [0.2, 0.25) is 0 Å². The van der Waals surface area contributed by atoms with Crippen molar-refractivity contribution in [1.29, 1.82) is 0 Å². The van der Waals surface area contributed by atoms with E-state index in [0.717, 1.165) is 43.0 Å². The van der Waals surface area contributed by atoms with Crippen LogP contribution in [0.2, 0.25) is 0 Å². The number of benzene rings is 1. The molecule has 0 bridgehead atoms. The van der Waals surface area contributed by atoms with Gasteiger partial charge in [-0.3, -0.25) is 4.79 Å². The number of hydrogen-bond acceptors (Lipinski definition) is 4. The molecule has 0 unspecified atom stereocenters. The molecule has 1 saturated heterocycles. The number of amides is 1. The molecule has 5 heteroatoms. The van der Waals surface area contributed by atoms with Crippen LogP contribution in [-0.2, 0) is 17.9 Å². The first-order valence-corrected chi connectivity index (χ1v) is 8.04. The molecule has 0 spiro atoms. The standard InChI is InChI=1S/C18H22N2O3/c21-18(20-9-3-4-10-20)14-23-17-8-2-1-6-15(17)12-19-13-16-7-5-11-22-16/h1-2,5-8,11,19H,3-4,9-10,12-14H2. The van der Waals surface area contributed by atoms with Gasteiger partial charge in [0.05, 0.1) is 12.8 Å². The number of likely N-dealkylation sites (tertiary alicyclic amines) is 1. The van der Waals surface area contributed by atoms with Gasteiger partial charge in [-0.05, 0) is 31.0 Å². The van der Waals surface area contributed by atoms with Crippen LogP contribution in [0.5, 0.6) is 5.75 Å². The Balaban J connectivity index is 1.51. The summed E-state index contributed by atoms with van der Waals surface area (Å²) in [5.74, 6) is 1.72. The quantitative estimate of drug-likeness (QED) is 0.853. The van der Waals surface area contributed by atoms with Crippen molar-refractivity contribution in [3.63, 3.8) is 0 Å². The Bertz CT molecular complexity index is 619. The SMILES string of the molecule is O=C(COc1ccccc1CNCc1ccco1)N1CCCC1. The summed E-state index contributed by atoms with van der Waals surface area (Å²) in [5.41, 5.74) is 1.04. The van der Waals surface area contributed by atoms with E-state index in [0.29, 0.717) is 13.1 Å². The highest BCUT2D eigenvalue weighted by Gasteiger charge is 2.18. The van der Waals surface area contributed by atoms with Gasteiger partial charge in [-0.2, -0.15) is 0 Å². The molecular formula is C18H22N2O3. The summed E-state index contributed by atoms with van der Waals surface area (Å²) in [6, 6.07) is 11.6. The number of carbonyl (C=O) groups is 1. The van der Waals surface area contributed by atoms with E-state index in [4.69, 9.17) is 9.15 Å². The Morgan fingerprint density at radius 1 is 1.13 bits per heavy atom. The van der Waals surface area contributed by atoms with Gasteiger partial charge in [0.15, 0.2) is 6.61 Å². The summed E-state index contributed by atoms with van der Waals surface area (Å²) in [6.45, 7) is 3.14. The lowest BCUT2D eigenvalue weighted by Gasteiger charge is -2.17. The number of nitrogens with one attached hydrogen (secondary N) is 1. The maximum absolute atomic E-state index is 12.1. The average molecular weight is 314 g/mol. The minimum absolute atomic E-state index is 0.0702. The minimum atomic E-state index is 0.0702. The van der Waals surface area contributed by atoms with Crippen LogP contribution in [-0.4, -0.2) is 30.5 Å². The molecule has 0 aliphatic carbocycles. The van der Waals surface area contributed by atoms with Crippen LogP contribution >= 0.6 is 0 Å². The number of rotatable bonds is 7. The number of hydrogen-bond donors (Lipinski definition) is 1. The lowest BCUT2D eigenvalue weighted by atomic mass is 10.2. The third kappa shape index (κ3) is 4.36. The van der Waals surface area contributed by atoms with Crippen LogP contribution in [0.1, 0.15) is 24.2 Å². The second-order valence-corrected chi connectivity index (χ2v) is 5.67. The molecule has 2 aromatic rings. The predicted molar refractivity (Wildman–Crippen MR) is 87.0 cm³/mol. The Kier molecular flexibility index (Phi) is 5.32. The van der Waals surface area contributed by atoms with E-state index < -0.39 is 0 Å². The van der Waals surface area contributed by atoms with E-state index in [9.17, 15) is 4.79 Å². The molecule has 0 atom stereocenters. The molecule has 122 valence electrons. The van der Waals surface area contributed by atoms with Crippen molar-refractivity contribution in [2.45, 2.75) is 25.9 Å². The van der Waals surface area contributed by atoms with Crippen molar-refractivity contribution in [3.8, 4) is 5.75 Å². The van der Waals surface area contributed by atoms with Gasteiger partial charge < -0.3 is 19.4 Å². The summed E-state index contributed by atoms with van der Waals surface area (Å²) in [6.07, 6.45) is 3.86. The van der Waals surface area contributed by atoms with E-state index in [1.165, 1.54) is 0 Å². The monoisotopic (exact) mass is 314 g/mol. The maximum Gasteiger partial charge on any atom is 0.260 e. The van der Waals surface area contributed by atoms with Gasteiger partial charge in [0.1, 0.15) is 11.5 Å². The molecule has 1 aliphatic heterocycles. The zero-order chi connectivity index (χ0) is 15.9. The molecule has 2 heterocycles. The first-order valence-electron chi connectivity index (χ1n) is 8.04. The Labute approximate surface area is 136 Å². The highest BCUT2D eigenvalue weighted by molar-refractivity contribution is 5.78. The summed E-state index contributed by atoms with van der Waals surface area (Å²) >= 11 is 0. The molecular weight excluding hydrogens is 292 g/mol. The highest BCUT2D eigenvalue weighted by Crippen LogP contribution is 2.18. The Hall–Kier alpha value is -2.27. The van der Waals surface area contributed by atoms with Crippen molar-refractivity contribution >= 4 is 5.91 Å². The molecule has 1 N–H and O–H groups in total. The fourth-order valence-electron chi connectivity index (χ4n) is 2.72. The number of para-hydroxylation sites is 1. The molecule has 5 nitrogen and oxygen atoms in total. The zero-order valence-corrected chi connectivity index (χ0v) is 13.2. The van der Waals surface area contributed by atoms with Gasteiger partial charge in [0.25, 0.3) is 5.91 Å². The molecule has 0 radical (unpaired) electrons. The largest absolute Gasteiger partial charge is 0.483 e. The summed E-state index contributed by atoms with van der Waals surface area (Å²) < 4.78 is 11.0. The first kappa shape index (κ1) is 15.6. The molecule has 1 aromatic heterocycles. The van der Waals surface area contributed by atoms with Crippen molar-refractivity contribution in [2.75, 3.05) is 19.7 Å². The van der Waals surface area contributed by atoms with Crippen LogP contribution in [0, 0.1) is 0 Å². The minimum Gasteiger partial charge on any atom is -0.483 e. The van der Waals surface area contributed by atoms with Gasteiger partial charge >= 0.3 is 0 Å². The number of furan rings is 1. The molecule has 1 aromatic carbocycles. The zero-order valence-electron chi connectivity index (χ0n) is 13.2. The summed E-state index contributed by atoms with van der Waals surface area (Å²) in [4.78, 5) is 13.9. The van der Waals surface area contributed by atoms with E-state index in [2.05, 4.69) is 5.32 Å². The molecule has 1 amide bonds. The van der Waals surface area contributed by atoms with Crippen molar-refractivity contribution in [3.05, 3.63) is 54.0 Å². The molecule has 1 aliphatic rings. The lowest BCUT2D eigenvalue weighted by molar-refractivity contribution is -0.132. The van der Waals surface area contributed by atoms with Crippen molar-refractivity contribution < 1.29 is 13.9 Å². The molecule has 1 fully saturated rings. The van der Waals surface area contributed by atoms with E-state index >= 15 is 0 Å². The number of nitrogens with zero attached hydrogens (tertiary/aromatic N) is 1. The molecule has 23 heavy (non-hydrogen) atoms. The van der Waals surface area contributed by atoms with Crippen LogP contribution in [0.25, 0.3) is 0 Å². The Morgan fingerprint density at radius 2 is 1.96 bits per heavy atom. The number of carbonyl (C=O) groups excluding carboxylic acids is 1. The second-order valence-electron chi connectivity index (χ2n) is 5.67. The predicted octanol–water partition coefficient (Wildman–Crippen LogP) is 2.57. The van der Waals surface area contributed by atoms with Crippen LogP contribution < -0.4 is 10.1 Å². The highest BCUT2D eigenvalue weighted by atomic mass is 16.5.